The van der Waals surface area contributed by atoms with Crippen LogP contribution < -0.4 is 0 Å². The van der Waals surface area contributed by atoms with Crippen molar-refractivity contribution in [1.82, 2.24) is 0 Å². The van der Waals surface area contributed by atoms with Crippen molar-refractivity contribution in [3.63, 3.8) is 0 Å². The molecule has 0 heterocycles. The molecule has 7 atom stereocenters. The molecule has 0 aromatic carbocycles. The third-order valence-electron chi connectivity index (χ3n) is 8.09. The molecule has 0 bridgehead atoms. The lowest BCUT2D eigenvalue weighted by molar-refractivity contribution is -0.132. The summed E-state index contributed by atoms with van der Waals surface area (Å²) in [6.45, 7) is 4.60. The number of aliphatic hydroxyl groups excluding tert-OH is 1. The molecule has 0 spiro atoms. The molecule has 3 saturated carbocycles. The summed E-state index contributed by atoms with van der Waals surface area (Å²) in [6.07, 6.45) is 14.7. The fourth-order valence-electron chi connectivity index (χ4n) is 6.72. The Bertz CT molecular complexity index is 612. The van der Waals surface area contributed by atoms with E-state index in [1.807, 2.05) is 0 Å². The molecular formula is C21H28O2. The van der Waals surface area contributed by atoms with Gasteiger partial charge in [-0.2, -0.15) is 0 Å². The van der Waals surface area contributed by atoms with Crippen LogP contribution in [0.4, 0.5) is 0 Å². The highest BCUT2D eigenvalue weighted by atomic mass is 16.3. The minimum Gasteiger partial charge on any atom is -0.391 e. The van der Waals surface area contributed by atoms with Crippen LogP contribution in [-0.4, -0.2) is 17.0 Å². The minimum atomic E-state index is -0.377. The zero-order valence-corrected chi connectivity index (χ0v) is 14.3. The summed E-state index contributed by atoms with van der Waals surface area (Å²) in [6, 6.07) is 0. The second-order valence-corrected chi connectivity index (χ2v) is 8.86. The highest BCUT2D eigenvalue weighted by molar-refractivity contribution is 5.87. The van der Waals surface area contributed by atoms with Crippen LogP contribution >= 0.6 is 0 Å². The summed E-state index contributed by atoms with van der Waals surface area (Å²) < 4.78 is 0. The van der Waals surface area contributed by atoms with Gasteiger partial charge in [0.15, 0.2) is 0 Å². The summed E-state index contributed by atoms with van der Waals surface area (Å²) >= 11 is 0. The SMILES string of the molecule is C#C[C@@H]1C2=CC[C@@H]3[C@H](CC[C@]4(C)C(=O)CC[C@@H]34)[C@@]2(C)CC[C@H]1O. The lowest BCUT2D eigenvalue weighted by atomic mass is 9.47. The van der Waals surface area contributed by atoms with Crippen LogP contribution in [0.5, 0.6) is 0 Å². The number of Topliss-reactive ketones (excluding diaryl/α,β-unsaturated/α-hetero) is 1. The van der Waals surface area contributed by atoms with Crippen LogP contribution in [0.25, 0.3) is 0 Å². The average Bonchev–Trinajstić information content (AvgIpc) is 2.83. The number of aliphatic hydroxyl groups is 1. The third kappa shape index (κ3) is 1.89. The van der Waals surface area contributed by atoms with Gasteiger partial charge in [0.25, 0.3) is 0 Å². The van der Waals surface area contributed by atoms with Gasteiger partial charge in [0.2, 0.25) is 0 Å². The van der Waals surface area contributed by atoms with E-state index in [0.717, 1.165) is 44.9 Å². The number of ketones is 1. The van der Waals surface area contributed by atoms with Crippen molar-refractivity contribution in [3.05, 3.63) is 11.6 Å². The van der Waals surface area contributed by atoms with E-state index in [0.29, 0.717) is 23.5 Å². The van der Waals surface area contributed by atoms with Crippen LogP contribution in [0.15, 0.2) is 11.6 Å². The maximum absolute atomic E-state index is 12.4. The summed E-state index contributed by atoms with van der Waals surface area (Å²) in [5.74, 6) is 5.08. The second kappa shape index (κ2) is 4.96. The maximum Gasteiger partial charge on any atom is 0.139 e. The first-order chi connectivity index (χ1) is 10.9. The van der Waals surface area contributed by atoms with Crippen molar-refractivity contribution in [2.75, 3.05) is 0 Å². The topological polar surface area (TPSA) is 37.3 Å². The molecule has 4 rings (SSSR count). The van der Waals surface area contributed by atoms with Gasteiger partial charge in [-0.25, -0.2) is 0 Å². The molecule has 0 aromatic rings. The number of allylic oxidation sites excluding steroid dienone is 1. The largest absolute Gasteiger partial charge is 0.391 e. The van der Waals surface area contributed by atoms with Crippen molar-refractivity contribution < 1.29 is 9.90 Å². The van der Waals surface area contributed by atoms with Crippen LogP contribution in [0, 0.1) is 46.8 Å². The molecule has 124 valence electrons. The molecule has 4 aliphatic rings. The van der Waals surface area contributed by atoms with Gasteiger partial charge in [-0.15, -0.1) is 6.42 Å². The number of carbonyl (C=O) groups is 1. The Morgan fingerprint density at radius 2 is 1.87 bits per heavy atom. The van der Waals surface area contributed by atoms with Crippen molar-refractivity contribution in [2.45, 2.75) is 64.9 Å². The zero-order chi connectivity index (χ0) is 16.4. The lowest BCUT2D eigenvalue weighted by Crippen LogP contribution is -2.52. The van der Waals surface area contributed by atoms with E-state index in [1.165, 1.54) is 5.57 Å². The Balaban J connectivity index is 1.73. The summed E-state index contributed by atoms with van der Waals surface area (Å²) in [4.78, 5) is 12.4. The van der Waals surface area contributed by atoms with Crippen molar-refractivity contribution in [3.8, 4) is 12.3 Å². The van der Waals surface area contributed by atoms with Gasteiger partial charge in [0.05, 0.1) is 12.0 Å². The van der Waals surface area contributed by atoms with E-state index in [9.17, 15) is 9.90 Å². The molecule has 2 heteroatoms. The van der Waals surface area contributed by atoms with Crippen molar-refractivity contribution in [2.24, 2.45) is 34.5 Å². The van der Waals surface area contributed by atoms with E-state index in [2.05, 4.69) is 25.8 Å². The molecule has 0 aliphatic heterocycles. The van der Waals surface area contributed by atoms with E-state index in [1.54, 1.807) is 0 Å². The molecule has 0 saturated heterocycles. The molecule has 2 nitrogen and oxygen atoms in total. The highest BCUT2D eigenvalue weighted by Gasteiger charge is 2.59. The smallest absolute Gasteiger partial charge is 0.139 e. The van der Waals surface area contributed by atoms with E-state index >= 15 is 0 Å². The number of carbonyl (C=O) groups excluding carboxylic acids is 1. The van der Waals surface area contributed by atoms with E-state index in [4.69, 9.17) is 6.42 Å². The van der Waals surface area contributed by atoms with Gasteiger partial charge in [-0.1, -0.05) is 31.4 Å². The van der Waals surface area contributed by atoms with Gasteiger partial charge in [-0.05, 0) is 61.7 Å². The monoisotopic (exact) mass is 312 g/mol. The Morgan fingerprint density at radius 3 is 2.61 bits per heavy atom. The first-order valence-electron chi connectivity index (χ1n) is 9.30. The fourth-order valence-corrected chi connectivity index (χ4v) is 6.72. The van der Waals surface area contributed by atoms with Gasteiger partial charge in [0, 0.05) is 11.8 Å². The quantitative estimate of drug-likeness (QED) is 0.546. The van der Waals surface area contributed by atoms with Crippen molar-refractivity contribution in [1.29, 1.82) is 0 Å². The van der Waals surface area contributed by atoms with E-state index in [-0.39, 0.29) is 22.9 Å². The van der Waals surface area contributed by atoms with Gasteiger partial charge < -0.3 is 5.11 Å². The number of fused-ring (bicyclic) bond motifs is 5. The Kier molecular flexibility index (Phi) is 3.34. The molecule has 3 fully saturated rings. The predicted molar refractivity (Wildman–Crippen MR) is 90.4 cm³/mol. The zero-order valence-electron chi connectivity index (χ0n) is 14.3. The second-order valence-electron chi connectivity index (χ2n) is 8.86. The minimum absolute atomic E-state index is 0.0669. The summed E-state index contributed by atoms with van der Waals surface area (Å²) in [5, 5.41) is 10.3. The number of terminal acetylenes is 1. The molecule has 1 N–H and O–H groups in total. The molecule has 0 radical (unpaired) electrons. The number of hydrogen-bond donors (Lipinski definition) is 1. The molecule has 0 amide bonds. The normalized spacial score (nSPS) is 52.0. The summed E-state index contributed by atoms with van der Waals surface area (Å²) in [7, 11) is 0. The first-order valence-corrected chi connectivity index (χ1v) is 9.30. The Labute approximate surface area is 139 Å². The van der Waals surface area contributed by atoms with Crippen LogP contribution in [0.3, 0.4) is 0 Å². The average molecular weight is 312 g/mol. The van der Waals surface area contributed by atoms with Crippen molar-refractivity contribution >= 4 is 5.78 Å². The molecule has 23 heavy (non-hydrogen) atoms. The lowest BCUT2D eigenvalue weighted by Gasteiger charge is -2.57. The third-order valence-corrected chi connectivity index (χ3v) is 8.09. The van der Waals surface area contributed by atoms with Gasteiger partial charge in [0.1, 0.15) is 5.78 Å². The summed E-state index contributed by atoms with van der Waals surface area (Å²) in [5.41, 5.74) is 1.39. The van der Waals surface area contributed by atoms with E-state index < -0.39 is 0 Å². The first kappa shape index (κ1) is 15.5. The standard InChI is InChI=1S/C21H28O2/c1-4-13-15-6-5-14-16-7-8-19(23)21(16,3)11-9-17(14)20(15,2)12-10-18(13)22/h1,6,13-14,16-18,22H,5,7-12H2,2-3H3/t13-,14+,16+,17+,18-,20+,21+/m1/s1. The fraction of sp³-hybridized carbons (Fsp3) is 0.762. The number of hydrogen-bond acceptors (Lipinski definition) is 2. The highest BCUT2D eigenvalue weighted by Crippen LogP contribution is 2.64. The predicted octanol–water partition coefficient (Wildman–Crippen LogP) is 3.74. The Morgan fingerprint density at radius 1 is 1.17 bits per heavy atom. The molecule has 0 aromatic heterocycles. The molecule has 0 unspecified atom stereocenters. The molecular weight excluding hydrogens is 284 g/mol. The van der Waals surface area contributed by atoms with Crippen LogP contribution in [0.2, 0.25) is 0 Å². The van der Waals surface area contributed by atoms with Crippen LogP contribution in [0.1, 0.15) is 58.8 Å². The molecule has 4 aliphatic carbocycles. The van der Waals surface area contributed by atoms with Gasteiger partial charge >= 0.3 is 0 Å². The Hall–Kier alpha value is -1.07. The number of rotatable bonds is 0. The van der Waals surface area contributed by atoms with Gasteiger partial charge in [-0.3, -0.25) is 4.79 Å². The van der Waals surface area contributed by atoms with Crippen LogP contribution in [-0.2, 0) is 4.79 Å². The maximum atomic E-state index is 12.4.